The van der Waals surface area contributed by atoms with Crippen LogP contribution in [-0.4, -0.2) is 40.6 Å². The van der Waals surface area contributed by atoms with Crippen LogP contribution in [0.3, 0.4) is 0 Å². The monoisotopic (exact) mass is 268 g/mol. The number of nitrogens with one attached hydrogen (secondary N) is 1. The summed E-state index contributed by atoms with van der Waals surface area (Å²) in [6, 6.07) is -0.0162. The van der Waals surface area contributed by atoms with Gasteiger partial charge in [-0.05, 0) is 38.5 Å². The Labute approximate surface area is 114 Å². The molecule has 0 aromatic heterocycles. The number of hydrogen-bond acceptors (Lipinski definition) is 2. The maximum atomic E-state index is 12.2. The molecular weight excluding hydrogens is 244 g/mol. The molecule has 0 aromatic rings. The molecule has 1 aliphatic carbocycles. The summed E-state index contributed by atoms with van der Waals surface area (Å²) in [6.07, 6.45) is 7.19. The molecular formula is C14H24N2O3. The summed E-state index contributed by atoms with van der Waals surface area (Å²) in [6.45, 7) is 2.56. The van der Waals surface area contributed by atoms with E-state index in [2.05, 4.69) is 5.32 Å². The van der Waals surface area contributed by atoms with Crippen molar-refractivity contribution in [2.24, 2.45) is 5.92 Å². The average molecular weight is 268 g/mol. The van der Waals surface area contributed by atoms with Crippen molar-refractivity contribution < 1.29 is 14.7 Å². The van der Waals surface area contributed by atoms with Crippen molar-refractivity contribution >= 4 is 12.0 Å². The fraction of sp³-hybridized carbons (Fsp3) is 0.857. The van der Waals surface area contributed by atoms with Crippen molar-refractivity contribution in [2.45, 2.75) is 64.0 Å². The highest BCUT2D eigenvalue weighted by atomic mass is 16.4. The highest BCUT2D eigenvalue weighted by Gasteiger charge is 2.36. The van der Waals surface area contributed by atoms with Crippen molar-refractivity contribution in [1.82, 2.24) is 10.2 Å². The van der Waals surface area contributed by atoms with Crippen molar-refractivity contribution in [3.8, 4) is 0 Å². The molecule has 1 saturated carbocycles. The van der Waals surface area contributed by atoms with Gasteiger partial charge in [0, 0.05) is 18.6 Å². The Balaban J connectivity index is 1.88. The van der Waals surface area contributed by atoms with E-state index in [1.807, 2.05) is 4.90 Å². The van der Waals surface area contributed by atoms with Gasteiger partial charge in [0.25, 0.3) is 0 Å². The van der Waals surface area contributed by atoms with Crippen molar-refractivity contribution in [1.29, 1.82) is 0 Å². The number of urea groups is 1. The van der Waals surface area contributed by atoms with Crippen LogP contribution < -0.4 is 5.32 Å². The number of nitrogens with zero attached hydrogens (tertiary/aromatic N) is 1. The minimum Gasteiger partial charge on any atom is -0.481 e. The lowest BCUT2D eigenvalue weighted by Crippen LogP contribution is -2.48. The second-order valence-corrected chi connectivity index (χ2v) is 5.90. The minimum absolute atomic E-state index is 0.0202. The van der Waals surface area contributed by atoms with Crippen LogP contribution in [0.25, 0.3) is 0 Å². The predicted octanol–water partition coefficient (Wildman–Crippen LogP) is 2.21. The third kappa shape index (κ3) is 3.61. The van der Waals surface area contributed by atoms with Gasteiger partial charge in [-0.3, -0.25) is 4.79 Å². The van der Waals surface area contributed by atoms with Crippen molar-refractivity contribution in [3.63, 3.8) is 0 Å². The Hall–Kier alpha value is -1.26. The Morgan fingerprint density at radius 3 is 2.58 bits per heavy atom. The molecule has 2 amide bonds. The van der Waals surface area contributed by atoms with E-state index in [0.717, 1.165) is 19.4 Å². The maximum absolute atomic E-state index is 12.2. The lowest BCUT2D eigenvalue weighted by molar-refractivity contribution is -0.137. The smallest absolute Gasteiger partial charge is 0.317 e. The zero-order valence-corrected chi connectivity index (χ0v) is 11.6. The van der Waals surface area contributed by atoms with E-state index in [4.69, 9.17) is 5.11 Å². The number of carboxylic acid groups (broad SMARTS) is 1. The molecule has 1 saturated heterocycles. The van der Waals surface area contributed by atoms with E-state index < -0.39 is 5.97 Å². The van der Waals surface area contributed by atoms with Gasteiger partial charge in [0.1, 0.15) is 0 Å². The van der Waals surface area contributed by atoms with Gasteiger partial charge in [-0.25, -0.2) is 4.79 Å². The molecule has 19 heavy (non-hydrogen) atoms. The molecule has 2 fully saturated rings. The standard InChI is InChI=1S/C14H24N2O3/c1-10(9-13(17)18)15-14(19)16-8-4-7-12(16)11-5-2-3-6-11/h10-12H,2-9H2,1H3,(H,15,19)(H,17,18). The predicted molar refractivity (Wildman–Crippen MR) is 71.9 cm³/mol. The van der Waals surface area contributed by atoms with Crippen LogP contribution in [0.1, 0.15) is 51.9 Å². The second-order valence-electron chi connectivity index (χ2n) is 5.90. The normalized spacial score (nSPS) is 25.5. The molecule has 2 N–H and O–H groups in total. The van der Waals surface area contributed by atoms with Gasteiger partial charge in [0.2, 0.25) is 0 Å². The van der Waals surface area contributed by atoms with Crippen LogP contribution in [-0.2, 0) is 4.79 Å². The number of hydrogen-bond donors (Lipinski definition) is 2. The maximum Gasteiger partial charge on any atom is 0.317 e. The zero-order valence-electron chi connectivity index (χ0n) is 11.6. The summed E-state index contributed by atoms with van der Waals surface area (Å²) in [7, 11) is 0. The van der Waals surface area contributed by atoms with Crippen molar-refractivity contribution in [2.75, 3.05) is 6.54 Å². The van der Waals surface area contributed by atoms with Crippen LogP contribution >= 0.6 is 0 Å². The molecule has 0 aromatic carbocycles. The molecule has 108 valence electrons. The lowest BCUT2D eigenvalue weighted by Gasteiger charge is -2.30. The molecule has 1 aliphatic heterocycles. The van der Waals surface area contributed by atoms with Crippen LogP contribution in [0.15, 0.2) is 0 Å². The molecule has 5 nitrogen and oxygen atoms in total. The minimum atomic E-state index is -0.874. The van der Waals surface area contributed by atoms with Gasteiger partial charge in [0.15, 0.2) is 0 Å². The SMILES string of the molecule is CC(CC(=O)O)NC(=O)N1CCCC1C1CCCC1. The Morgan fingerprint density at radius 2 is 1.95 bits per heavy atom. The van der Waals surface area contributed by atoms with Crippen LogP contribution in [0.4, 0.5) is 4.79 Å². The molecule has 0 bridgehead atoms. The number of carboxylic acids is 1. The van der Waals surface area contributed by atoms with Crippen molar-refractivity contribution in [3.05, 3.63) is 0 Å². The zero-order chi connectivity index (χ0) is 13.8. The highest BCUT2D eigenvalue weighted by molar-refractivity contribution is 5.76. The molecule has 0 radical (unpaired) electrons. The van der Waals surface area contributed by atoms with Gasteiger partial charge in [-0.1, -0.05) is 12.8 Å². The van der Waals surface area contributed by atoms with E-state index in [1.165, 1.54) is 25.7 Å². The Morgan fingerprint density at radius 1 is 1.26 bits per heavy atom. The van der Waals surface area contributed by atoms with E-state index in [1.54, 1.807) is 6.92 Å². The summed E-state index contributed by atoms with van der Waals surface area (Å²) in [5.41, 5.74) is 0. The Bertz CT molecular complexity index is 340. The summed E-state index contributed by atoms with van der Waals surface area (Å²) in [4.78, 5) is 24.8. The number of carbonyl (C=O) groups is 2. The second kappa shape index (κ2) is 6.26. The van der Waals surface area contributed by atoms with Gasteiger partial charge in [0.05, 0.1) is 6.42 Å². The molecule has 2 unspecified atom stereocenters. The van der Waals surface area contributed by atoms with E-state index in [9.17, 15) is 9.59 Å². The number of amides is 2. The summed E-state index contributed by atoms with van der Waals surface area (Å²) >= 11 is 0. The number of aliphatic carboxylic acids is 1. The van der Waals surface area contributed by atoms with Crippen LogP contribution in [0, 0.1) is 5.92 Å². The quantitative estimate of drug-likeness (QED) is 0.821. The number of likely N-dealkylation sites (tertiary alicyclic amines) is 1. The fourth-order valence-electron chi connectivity index (χ4n) is 3.48. The first-order chi connectivity index (χ1) is 9.08. The topological polar surface area (TPSA) is 69.6 Å². The third-order valence-corrected chi connectivity index (χ3v) is 4.35. The average Bonchev–Trinajstić information content (AvgIpc) is 2.98. The van der Waals surface area contributed by atoms with Gasteiger partial charge >= 0.3 is 12.0 Å². The lowest BCUT2D eigenvalue weighted by atomic mass is 9.96. The number of carbonyl (C=O) groups excluding carboxylic acids is 1. The first kappa shape index (κ1) is 14.2. The first-order valence-electron chi connectivity index (χ1n) is 7.37. The van der Waals surface area contributed by atoms with Gasteiger partial charge < -0.3 is 15.3 Å². The molecule has 0 spiro atoms. The first-order valence-corrected chi connectivity index (χ1v) is 7.37. The summed E-state index contributed by atoms with van der Waals surface area (Å²) in [5, 5.41) is 11.5. The van der Waals surface area contributed by atoms with E-state index in [0.29, 0.717) is 12.0 Å². The third-order valence-electron chi connectivity index (χ3n) is 4.35. The molecule has 1 heterocycles. The largest absolute Gasteiger partial charge is 0.481 e. The molecule has 2 aliphatic rings. The summed E-state index contributed by atoms with van der Waals surface area (Å²) in [5.74, 6) is -0.218. The van der Waals surface area contributed by atoms with Gasteiger partial charge in [-0.2, -0.15) is 0 Å². The Kier molecular flexibility index (Phi) is 4.66. The van der Waals surface area contributed by atoms with Gasteiger partial charge in [-0.15, -0.1) is 0 Å². The molecule has 2 rings (SSSR count). The summed E-state index contributed by atoms with van der Waals surface area (Å²) < 4.78 is 0. The van der Waals surface area contributed by atoms with E-state index >= 15 is 0 Å². The van der Waals surface area contributed by atoms with Crippen LogP contribution in [0.5, 0.6) is 0 Å². The number of rotatable bonds is 4. The van der Waals surface area contributed by atoms with E-state index in [-0.39, 0.29) is 18.5 Å². The molecule has 2 atom stereocenters. The van der Waals surface area contributed by atoms with Crippen LogP contribution in [0.2, 0.25) is 0 Å². The highest BCUT2D eigenvalue weighted by Crippen LogP contribution is 2.35. The molecule has 5 heteroatoms. The fourth-order valence-corrected chi connectivity index (χ4v) is 3.48.